The molecule has 0 fully saturated rings. The van der Waals surface area contributed by atoms with Crippen LogP contribution in [0.2, 0.25) is 0 Å². The second-order valence-corrected chi connectivity index (χ2v) is 7.54. The largest absolute Gasteiger partial charge is 0.493 e. The number of rotatable bonds is 3. The third-order valence-corrected chi connectivity index (χ3v) is 5.39. The smallest absolute Gasteiger partial charge is 0.344 e. The number of carbonyl (C=O) groups excluding carboxylic acids is 1. The van der Waals surface area contributed by atoms with E-state index < -0.39 is 23.1 Å². The molecule has 1 N–H and O–H groups in total. The number of fused-ring (bicyclic) bond motifs is 4. The highest BCUT2D eigenvalue weighted by molar-refractivity contribution is 5.86. The maximum atomic E-state index is 13.1. The zero-order valence-electron chi connectivity index (χ0n) is 17.9. The lowest BCUT2D eigenvalue weighted by molar-refractivity contribution is -0.132. The minimum atomic E-state index is -0.860. The van der Waals surface area contributed by atoms with Gasteiger partial charge in [0, 0.05) is 6.92 Å². The van der Waals surface area contributed by atoms with Crippen molar-refractivity contribution in [2.24, 2.45) is 0 Å². The van der Waals surface area contributed by atoms with E-state index in [1.54, 1.807) is 49.4 Å². The number of carbonyl (C=O) groups is 1. The van der Waals surface area contributed by atoms with E-state index in [-0.39, 0.29) is 34.3 Å². The van der Waals surface area contributed by atoms with E-state index in [0.717, 1.165) is 0 Å². The number of aromatic amines is 1. The summed E-state index contributed by atoms with van der Waals surface area (Å²) in [5.41, 5.74) is 0.142. The van der Waals surface area contributed by atoms with Gasteiger partial charge >= 0.3 is 11.6 Å². The Morgan fingerprint density at radius 1 is 1.09 bits per heavy atom. The molecule has 2 aromatic heterocycles. The van der Waals surface area contributed by atoms with E-state index in [4.69, 9.17) is 18.6 Å². The van der Waals surface area contributed by atoms with Gasteiger partial charge in [0.05, 0.1) is 29.5 Å². The van der Waals surface area contributed by atoms with Gasteiger partial charge in [0.1, 0.15) is 11.4 Å². The maximum absolute atomic E-state index is 13.1. The van der Waals surface area contributed by atoms with E-state index >= 15 is 0 Å². The molecule has 0 radical (unpaired) electrons. The average Bonchev–Trinajstić information content (AvgIpc) is 2.77. The van der Waals surface area contributed by atoms with Gasteiger partial charge in [-0.05, 0) is 36.8 Å². The molecule has 0 aliphatic carbocycles. The van der Waals surface area contributed by atoms with E-state index in [1.807, 2.05) is 0 Å². The zero-order valence-corrected chi connectivity index (χ0v) is 17.9. The Balaban J connectivity index is 1.83. The highest BCUT2D eigenvalue weighted by Gasteiger charge is 2.37. The summed E-state index contributed by atoms with van der Waals surface area (Å²) in [5, 5.41) is 0.575. The van der Waals surface area contributed by atoms with Gasteiger partial charge in [-0.15, -0.1) is 0 Å². The van der Waals surface area contributed by atoms with E-state index in [9.17, 15) is 14.4 Å². The lowest BCUT2D eigenvalue weighted by atomic mass is 9.84. The minimum absolute atomic E-state index is 0.104. The lowest BCUT2D eigenvalue weighted by Crippen LogP contribution is -2.28. The standard InChI is InChI=1S/C24H18N2O7/c1-11-25-22(28)20-18(13-8-9-16(31-12(2)27)17(10-13)30-3)19-21(33-23(20)26-11)14-6-4-5-7-15(14)32-24(19)29/h4-10,18H,1-3H3,(H,25,26,28). The van der Waals surface area contributed by atoms with Crippen LogP contribution < -0.4 is 25.4 Å². The van der Waals surface area contributed by atoms with Crippen molar-refractivity contribution in [1.82, 2.24) is 9.97 Å². The van der Waals surface area contributed by atoms with Crippen molar-refractivity contribution in [2.45, 2.75) is 19.8 Å². The number of esters is 1. The van der Waals surface area contributed by atoms with Gasteiger partial charge < -0.3 is 23.6 Å². The first-order valence-corrected chi connectivity index (χ1v) is 10.1. The van der Waals surface area contributed by atoms with Crippen LogP contribution in [0, 0.1) is 6.92 Å². The Kier molecular flexibility index (Phi) is 4.74. The van der Waals surface area contributed by atoms with Gasteiger partial charge in [0.2, 0.25) is 5.88 Å². The molecule has 2 aromatic carbocycles. The monoisotopic (exact) mass is 446 g/mol. The number of hydrogen-bond donors (Lipinski definition) is 1. The van der Waals surface area contributed by atoms with Crippen LogP contribution in [-0.4, -0.2) is 23.0 Å². The van der Waals surface area contributed by atoms with Crippen LogP contribution in [0.3, 0.4) is 0 Å². The van der Waals surface area contributed by atoms with Gasteiger partial charge in [0.25, 0.3) is 5.56 Å². The number of nitrogens with one attached hydrogen (secondary N) is 1. The fourth-order valence-corrected chi connectivity index (χ4v) is 4.07. The molecule has 166 valence electrons. The van der Waals surface area contributed by atoms with Crippen LogP contribution in [-0.2, 0) is 4.79 Å². The number of hydrogen-bond acceptors (Lipinski definition) is 8. The fraction of sp³-hybridized carbons (Fsp3) is 0.167. The molecule has 3 heterocycles. The van der Waals surface area contributed by atoms with Crippen molar-refractivity contribution in [3.8, 4) is 23.1 Å². The summed E-state index contributed by atoms with van der Waals surface area (Å²) >= 11 is 0. The summed E-state index contributed by atoms with van der Waals surface area (Å²) in [6, 6.07) is 11.8. The molecule has 9 nitrogen and oxygen atoms in total. The second-order valence-electron chi connectivity index (χ2n) is 7.54. The molecule has 4 aromatic rings. The molecule has 0 spiro atoms. The molecule has 0 bridgehead atoms. The van der Waals surface area contributed by atoms with Crippen molar-refractivity contribution in [3.05, 3.63) is 85.8 Å². The number of benzene rings is 2. The summed E-state index contributed by atoms with van der Waals surface area (Å²) in [6.07, 6.45) is 0. The van der Waals surface area contributed by atoms with Crippen LogP contribution >= 0.6 is 0 Å². The SMILES string of the molecule is COc1cc(C2c3c(nc(C)[nH]c3=O)Oc3c2c(=O)oc2ccccc32)ccc1OC(C)=O. The number of para-hydroxylation sites is 1. The molecule has 1 aliphatic rings. The Bertz CT molecular complexity index is 1550. The molecule has 0 amide bonds. The number of ether oxygens (including phenoxy) is 3. The van der Waals surface area contributed by atoms with Gasteiger partial charge in [-0.25, -0.2) is 4.79 Å². The Labute approximate surface area is 186 Å². The summed E-state index contributed by atoms with van der Waals surface area (Å²) in [7, 11) is 1.43. The van der Waals surface area contributed by atoms with Gasteiger partial charge in [-0.2, -0.15) is 4.98 Å². The van der Waals surface area contributed by atoms with Crippen molar-refractivity contribution in [2.75, 3.05) is 7.11 Å². The number of aromatic nitrogens is 2. The van der Waals surface area contributed by atoms with Crippen molar-refractivity contribution >= 4 is 16.9 Å². The van der Waals surface area contributed by atoms with Crippen LogP contribution in [0.15, 0.2) is 56.5 Å². The zero-order chi connectivity index (χ0) is 23.3. The molecule has 0 saturated carbocycles. The first kappa shape index (κ1) is 20.5. The summed E-state index contributed by atoms with van der Waals surface area (Å²) in [6.45, 7) is 2.92. The van der Waals surface area contributed by atoms with E-state index in [2.05, 4.69) is 9.97 Å². The molecule has 1 unspecified atom stereocenters. The first-order chi connectivity index (χ1) is 15.9. The normalized spacial score (nSPS) is 14.2. The van der Waals surface area contributed by atoms with Crippen LogP contribution in [0.1, 0.15) is 35.4 Å². The summed E-state index contributed by atoms with van der Waals surface area (Å²) in [5.74, 6) is -0.141. The first-order valence-electron chi connectivity index (χ1n) is 10.1. The number of methoxy groups -OCH3 is 1. The Hall–Kier alpha value is -4.40. The molecular formula is C24H18N2O7. The van der Waals surface area contributed by atoms with Crippen LogP contribution in [0.5, 0.6) is 23.1 Å². The Morgan fingerprint density at radius 2 is 1.88 bits per heavy atom. The predicted octanol–water partition coefficient (Wildman–Crippen LogP) is 3.40. The molecule has 5 rings (SSSR count). The van der Waals surface area contributed by atoms with E-state index in [0.29, 0.717) is 22.4 Å². The molecule has 9 heteroatoms. The number of nitrogens with zero attached hydrogens (tertiary/aromatic N) is 1. The molecule has 33 heavy (non-hydrogen) atoms. The van der Waals surface area contributed by atoms with E-state index in [1.165, 1.54) is 14.0 Å². The third-order valence-electron chi connectivity index (χ3n) is 5.39. The molecular weight excluding hydrogens is 428 g/mol. The van der Waals surface area contributed by atoms with Crippen LogP contribution in [0.25, 0.3) is 11.0 Å². The van der Waals surface area contributed by atoms with Crippen molar-refractivity contribution < 1.29 is 23.4 Å². The predicted molar refractivity (Wildman–Crippen MR) is 117 cm³/mol. The number of aryl methyl sites for hydroxylation is 1. The summed E-state index contributed by atoms with van der Waals surface area (Å²) < 4.78 is 22.2. The second kappa shape index (κ2) is 7.63. The lowest BCUT2D eigenvalue weighted by Gasteiger charge is -2.27. The molecule has 1 atom stereocenters. The number of H-pyrrole nitrogens is 1. The van der Waals surface area contributed by atoms with Gasteiger partial charge in [-0.3, -0.25) is 9.59 Å². The summed E-state index contributed by atoms with van der Waals surface area (Å²) in [4.78, 5) is 44.6. The van der Waals surface area contributed by atoms with Gasteiger partial charge in [-0.1, -0.05) is 18.2 Å². The van der Waals surface area contributed by atoms with Crippen LogP contribution in [0.4, 0.5) is 0 Å². The maximum Gasteiger partial charge on any atom is 0.344 e. The quantitative estimate of drug-likeness (QED) is 0.254. The fourth-order valence-electron chi connectivity index (χ4n) is 4.07. The van der Waals surface area contributed by atoms with Crippen molar-refractivity contribution in [3.63, 3.8) is 0 Å². The van der Waals surface area contributed by atoms with Crippen molar-refractivity contribution in [1.29, 1.82) is 0 Å². The average molecular weight is 446 g/mol. The highest BCUT2D eigenvalue weighted by atomic mass is 16.6. The molecule has 1 aliphatic heterocycles. The minimum Gasteiger partial charge on any atom is -0.493 e. The molecule has 0 saturated heterocycles. The highest BCUT2D eigenvalue weighted by Crippen LogP contribution is 2.47. The third kappa shape index (κ3) is 3.34. The van der Waals surface area contributed by atoms with Gasteiger partial charge in [0.15, 0.2) is 17.2 Å². The Morgan fingerprint density at radius 3 is 2.64 bits per heavy atom. The topological polar surface area (TPSA) is 121 Å².